The molecule has 0 radical (unpaired) electrons. The van der Waals surface area contributed by atoms with Gasteiger partial charge in [-0.3, -0.25) is 0 Å². The number of methoxy groups -OCH3 is 1. The van der Waals surface area contributed by atoms with E-state index in [0.717, 1.165) is 6.54 Å². The Kier molecular flexibility index (Phi) is 7.35. The Bertz CT molecular complexity index is 469. The standard InChI is InChI=1S/C17H28N2O3/c1-13(19-16(20)22-17(2,3)4)10-18-11-14-8-6-7-9-15(14)12-21-5/h6-9,13,18H,10-12H2,1-5H3,(H,19,20). The molecule has 1 aromatic rings. The number of amides is 1. The first-order chi connectivity index (χ1) is 10.3. The molecule has 1 aromatic carbocycles. The third-order valence-corrected chi connectivity index (χ3v) is 2.95. The lowest BCUT2D eigenvalue weighted by Gasteiger charge is -2.22. The molecule has 22 heavy (non-hydrogen) atoms. The van der Waals surface area contributed by atoms with Gasteiger partial charge in [0, 0.05) is 26.2 Å². The monoisotopic (exact) mass is 308 g/mol. The van der Waals surface area contributed by atoms with Crippen molar-refractivity contribution < 1.29 is 14.3 Å². The Morgan fingerprint density at radius 3 is 2.45 bits per heavy atom. The van der Waals surface area contributed by atoms with Gasteiger partial charge in [-0.1, -0.05) is 24.3 Å². The molecule has 0 aromatic heterocycles. The predicted octanol–water partition coefficient (Wildman–Crippen LogP) is 2.84. The van der Waals surface area contributed by atoms with Crippen LogP contribution < -0.4 is 10.6 Å². The molecule has 0 aliphatic rings. The minimum absolute atomic E-state index is 0.00978. The molecule has 124 valence electrons. The van der Waals surface area contributed by atoms with Crippen LogP contribution in [0.25, 0.3) is 0 Å². The lowest BCUT2D eigenvalue weighted by Crippen LogP contribution is -2.42. The molecule has 5 nitrogen and oxygen atoms in total. The van der Waals surface area contributed by atoms with E-state index in [-0.39, 0.29) is 12.1 Å². The van der Waals surface area contributed by atoms with Crippen molar-refractivity contribution >= 4 is 6.09 Å². The number of rotatable bonds is 7. The van der Waals surface area contributed by atoms with E-state index in [9.17, 15) is 4.79 Å². The smallest absolute Gasteiger partial charge is 0.407 e. The molecule has 0 saturated carbocycles. The quantitative estimate of drug-likeness (QED) is 0.813. The topological polar surface area (TPSA) is 59.6 Å². The number of benzene rings is 1. The first-order valence-corrected chi connectivity index (χ1v) is 7.58. The van der Waals surface area contributed by atoms with Gasteiger partial charge in [0.25, 0.3) is 0 Å². The number of ether oxygens (including phenoxy) is 2. The average Bonchev–Trinajstić information content (AvgIpc) is 2.38. The molecule has 2 N–H and O–H groups in total. The van der Waals surface area contributed by atoms with Gasteiger partial charge in [0.05, 0.1) is 6.61 Å². The Labute approximate surface area is 133 Å². The second kappa shape index (κ2) is 8.76. The summed E-state index contributed by atoms with van der Waals surface area (Å²) in [7, 11) is 1.69. The van der Waals surface area contributed by atoms with Crippen LogP contribution in [0.4, 0.5) is 4.79 Å². The maximum Gasteiger partial charge on any atom is 0.407 e. The second-order valence-electron chi connectivity index (χ2n) is 6.38. The van der Waals surface area contributed by atoms with E-state index in [2.05, 4.69) is 22.8 Å². The zero-order valence-corrected chi connectivity index (χ0v) is 14.2. The first-order valence-electron chi connectivity index (χ1n) is 7.58. The van der Waals surface area contributed by atoms with Crippen molar-refractivity contribution in [2.24, 2.45) is 0 Å². The van der Waals surface area contributed by atoms with E-state index in [1.165, 1.54) is 11.1 Å². The predicted molar refractivity (Wildman–Crippen MR) is 87.7 cm³/mol. The van der Waals surface area contributed by atoms with Crippen LogP contribution in [0.2, 0.25) is 0 Å². The lowest BCUT2D eigenvalue weighted by molar-refractivity contribution is 0.0508. The molecule has 0 saturated heterocycles. The highest BCUT2D eigenvalue weighted by Crippen LogP contribution is 2.09. The van der Waals surface area contributed by atoms with Crippen LogP contribution in [0.5, 0.6) is 0 Å². The fraction of sp³-hybridized carbons (Fsp3) is 0.588. The summed E-state index contributed by atoms with van der Waals surface area (Å²) in [5, 5.41) is 6.16. The third-order valence-electron chi connectivity index (χ3n) is 2.95. The Morgan fingerprint density at radius 2 is 1.86 bits per heavy atom. The maximum absolute atomic E-state index is 11.7. The second-order valence-corrected chi connectivity index (χ2v) is 6.38. The molecular weight excluding hydrogens is 280 g/mol. The fourth-order valence-corrected chi connectivity index (χ4v) is 2.01. The van der Waals surface area contributed by atoms with Crippen LogP contribution in [0, 0.1) is 0 Å². The van der Waals surface area contributed by atoms with Crippen molar-refractivity contribution in [3.8, 4) is 0 Å². The molecule has 1 atom stereocenters. The molecule has 0 bridgehead atoms. The fourth-order valence-electron chi connectivity index (χ4n) is 2.01. The number of nitrogens with one attached hydrogen (secondary N) is 2. The van der Waals surface area contributed by atoms with Crippen molar-refractivity contribution in [2.45, 2.75) is 52.5 Å². The highest BCUT2D eigenvalue weighted by molar-refractivity contribution is 5.68. The van der Waals surface area contributed by atoms with Crippen molar-refractivity contribution in [3.63, 3.8) is 0 Å². The minimum atomic E-state index is -0.476. The Morgan fingerprint density at radius 1 is 1.23 bits per heavy atom. The van der Waals surface area contributed by atoms with Crippen LogP contribution in [-0.2, 0) is 22.6 Å². The van der Waals surface area contributed by atoms with Crippen LogP contribution in [0.15, 0.2) is 24.3 Å². The van der Waals surface area contributed by atoms with E-state index in [1.807, 2.05) is 39.8 Å². The Hall–Kier alpha value is -1.59. The maximum atomic E-state index is 11.7. The van der Waals surface area contributed by atoms with Crippen LogP contribution >= 0.6 is 0 Å². The molecule has 1 rings (SSSR count). The van der Waals surface area contributed by atoms with Gasteiger partial charge >= 0.3 is 6.09 Å². The summed E-state index contributed by atoms with van der Waals surface area (Å²) in [5.74, 6) is 0. The van der Waals surface area contributed by atoms with Gasteiger partial charge in [0.1, 0.15) is 5.60 Å². The van der Waals surface area contributed by atoms with Crippen molar-refractivity contribution in [3.05, 3.63) is 35.4 Å². The number of carbonyl (C=O) groups is 1. The van der Waals surface area contributed by atoms with Gasteiger partial charge in [0.15, 0.2) is 0 Å². The van der Waals surface area contributed by atoms with Gasteiger partial charge in [-0.05, 0) is 38.8 Å². The van der Waals surface area contributed by atoms with E-state index >= 15 is 0 Å². The first kappa shape index (κ1) is 18.5. The van der Waals surface area contributed by atoms with E-state index in [1.54, 1.807) is 7.11 Å². The molecule has 0 aliphatic carbocycles. The van der Waals surface area contributed by atoms with Gasteiger partial charge < -0.3 is 20.1 Å². The van der Waals surface area contributed by atoms with Crippen molar-refractivity contribution in [1.82, 2.24) is 10.6 Å². The SMILES string of the molecule is COCc1ccccc1CNCC(C)NC(=O)OC(C)(C)C. The van der Waals surface area contributed by atoms with Gasteiger partial charge in [-0.25, -0.2) is 4.79 Å². The van der Waals surface area contributed by atoms with Crippen LogP contribution in [-0.4, -0.2) is 31.4 Å². The van der Waals surface area contributed by atoms with Crippen LogP contribution in [0.1, 0.15) is 38.8 Å². The lowest BCUT2D eigenvalue weighted by atomic mass is 10.1. The summed E-state index contributed by atoms with van der Waals surface area (Å²) in [5.41, 5.74) is 1.90. The minimum Gasteiger partial charge on any atom is -0.444 e. The summed E-state index contributed by atoms with van der Waals surface area (Å²) in [6.45, 7) is 9.49. The van der Waals surface area contributed by atoms with Gasteiger partial charge in [-0.15, -0.1) is 0 Å². The van der Waals surface area contributed by atoms with Crippen LogP contribution in [0.3, 0.4) is 0 Å². The molecule has 1 amide bonds. The molecule has 0 aliphatic heterocycles. The molecule has 0 spiro atoms. The molecule has 1 unspecified atom stereocenters. The highest BCUT2D eigenvalue weighted by atomic mass is 16.6. The summed E-state index contributed by atoms with van der Waals surface area (Å²) in [6.07, 6.45) is -0.387. The zero-order chi connectivity index (χ0) is 16.6. The summed E-state index contributed by atoms with van der Waals surface area (Å²) >= 11 is 0. The van der Waals surface area contributed by atoms with Crippen molar-refractivity contribution in [2.75, 3.05) is 13.7 Å². The molecular formula is C17H28N2O3. The number of alkyl carbamates (subject to hydrolysis) is 1. The number of hydrogen-bond acceptors (Lipinski definition) is 4. The highest BCUT2D eigenvalue weighted by Gasteiger charge is 2.17. The summed E-state index contributed by atoms with van der Waals surface area (Å²) < 4.78 is 10.4. The summed E-state index contributed by atoms with van der Waals surface area (Å²) in [4.78, 5) is 11.7. The summed E-state index contributed by atoms with van der Waals surface area (Å²) in [6, 6.07) is 8.14. The average molecular weight is 308 g/mol. The van der Waals surface area contributed by atoms with E-state index in [0.29, 0.717) is 13.2 Å². The third kappa shape index (κ3) is 7.43. The molecule has 5 heteroatoms. The zero-order valence-electron chi connectivity index (χ0n) is 14.2. The molecule has 0 heterocycles. The largest absolute Gasteiger partial charge is 0.444 e. The molecule has 0 fully saturated rings. The van der Waals surface area contributed by atoms with Gasteiger partial charge in [0.2, 0.25) is 0 Å². The Balaban J connectivity index is 2.36. The number of carbonyl (C=O) groups excluding carboxylic acids is 1. The number of hydrogen-bond donors (Lipinski definition) is 2. The van der Waals surface area contributed by atoms with E-state index < -0.39 is 5.60 Å². The van der Waals surface area contributed by atoms with Gasteiger partial charge in [-0.2, -0.15) is 0 Å². The van der Waals surface area contributed by atoms with E-state index in [4.69, 9.17) is 9.47 Å². The van der Waals surface area contributed by atoms with Crippen molar-refractivity contribution in [1.29, 1.82) is 0 Å². The normalized spacial score (nSPS) is 12.8.